The number of Topliss-reactive ketones (excluding diaryl/α,β-unsaturated/α-hetero) is 1. The number of rotatable bonds is 14. The number of carbonyl (C=O) groups excluding carboxylic acids is 2. The van der Waals surface area contributed by atoms with Crippen molar-refractivity contribution < 1.29 is 25.2 Å². The topological polar surface area (TPSA) is 80.0 Å². The molecule has 6 nitrogen and oxygen atoms in total. The number of furan rings is 1. The number of aliphatic hydroxyl groups is 1. The van der Waals surface area contributed by atoms with Crippen LogP contribution < -0.4 is 4.74 Å². The Kier molecular flexibility index (Phi) is 9.36. The van der Waals surface area contributed by atoms with E-state index in [2.05, 4.69) is 0 Å². The van der Waals surface area contributed by atoms with Crippen LogP contribution in [0.15, 0.2) is 102 Å². The van der Waals surface area contributed by atoms with Gasteiger partial charge < -0.3 is 19.2 Å². The van der Waals surface area contributed by atoms with Gasteiger partial charge in [-0.3, -0.25) is 9.59 Å². The van der Waals surface area contributed by atoms with Gasteiger partial charge in [-0.15, -0.1) is 0 Å². The second kappa shape index (κ2) is 14.0. The van der Waals surface area contributed by atoms with Crippen molar-refractivity contribution in [1.82, 2.24) is 4.90 Å². The first-order valence-electron chi connectivity index (χ1n) is 13.4. The van der Waals surface area contributed by atoms with Gasteiger partial charge in [0, 0.05) is 36.2 Å². The molecule has 1 amide bonds. The van der Waals surface area contributed by atoms with E-state index in [4.69, 9.17) is 15.6 Å². The van der Waals surface area contributed by atoms with Crippen LogP contribution in [0.3, 0.4) is 0 Å². The van der Waals surface area contributed by atoms with Crippen LogP contribution in [0.2, 0.25) is 0 Å². The van der Waals surface area contributed by atoms with Gasteiger partial charge in [-0.2, -0.15) is 0 Å². The quantitative estimate of drug-likeness (QED) is 0.201. The monoisotopic (exact) mass is 512 g/mol. The van der Waals surface area contributed by atoms with Gasteiger partial charge in [0.15, 0.2) is 5.78 Å². The Balaban J connectivity index is 1.51. The maximum Gasteiger partial charge on any atom is 0.254 e. The van der Waals surface area contributed by atoms with E-state index in [1.165, 1.54) is 0 Å². The number of para-hydroxylation sites is 1. The van der Waals surface area contributed by atoms with Crippen molar-refractivity contribution in [3.8, 4) is 16.9 Å². The van der Waals surface area contributed by atoms with Gasteiger partial charge in [0.2, 0.25) is 0 Å². The first-order valence-corrected chi connectivity index (χ1v) is 12.8. The fourth-order valence-electron chi connectivity index (χ4n) is 4.10. The largest absolute Gasteiger partial charge is 0.493 e. The molecule has 0 bridgehead atoms. The summed E-state index contributed by atoms with van der Waals surface area (Å²) in [4.78, 5) is 26.6. The third-order valence-corrected chi connectivity index (χ3v) is 6.19. The number of hydrogen-bond donors (Lipinski definition) is 1. The highest BCUT2D eigenvalue weighted by Gasteiger charge is 2.19. The van der Waals surface area contributed by atoms with Crippen molar-refractivity contribution in [1.29, 1.82) is 0 Å². The van der Waals surface area contributed by atoms with Gasteiger partial charge >= 0.3 is 0 Å². The van der Waals surface area contributed by atoms with E-state index < -0.39 is 13.1 Å². The van der Waals surface area contributed by atoms with Crippen LogP contribution in [-0.4, -0.2) is 34.9 Å². The van der Waals surface area contributed by atoms with E-state index in [0.717, 1.165) is 29.5 Å². The smallest absolute Gasteiger partial charge is 0.254 e. The summed E-state index contributed by atoms with van der Waals surface area (Å²) in [5.41, 5.74) is 3.89. The van der Waals surface area contributed by atoms with Crippen LogP contribution in [-0.2, 0) is 17.9 Å². The minimum absolute atomic E-state index is 0.155. The number of hydrogen-bond acceptors (Lipinski definition) is 5. The zero-order valence-corrected chi connectivity index (χ0v) is 21.3. The lowest BCUT2D eigenvalue weighted by Gasteiger charge is -2.24. The lowest BCUT2D eigenvalue weighted by molar-refractivity contribution is -0.121. The summed E-state index contributed by atoms with van der Waals surface area (Å²) in [5.74, 6) is 0.156. The molecule has 1 unspecified atom stereocenters. The molecule has 38 heavy (non-hydrogen) atoms. The highest BCUT2D eigenvalue weighted by molar-refractivity contribution is 5.94. The SMILES string of the molecule is [2H]C(c1ccccc1OCCCCCC(=O)CO)N(Cc1ccccc1)C(=O)c1ccc(-c2ccoc2)cc1. The molecule has 0 aliphatic carbocycles. The molecule has 0 saturated carbocycles. The van der Waals surface area contributed by atoms with Crippen LogP contribution in [0.5, 0.6) is 5.75 Å². The van der Waals surface area contributed by atoms with Crippen LogP contribution in [0.4, 0.5) is 0 Å². The molecule has 1 heterocycles. The van der Waals surface area contributed by atoms with Crippen LogP contribution in [0.1, 0.15) is 48.5 Å². The predicted molar refractivity (Wildman–Crippen MR) is 147 cm³/mol. The second-order valence-corrected chi connectivity index (χ2v) is 9.03. The molecule has 0 radical (unpaired) electrons. The Hall–Kier alpha value is -4.16. The second-order valence-electron chi connectivity index (χ2n) is 9.03. The molecule has 3 aromatic carbocycles. The molecule has 6 heteroatoms. The standard InChI is InChI=1S/C32H33NO5/c34-23-30(35)12-5-2-8-19-38-31-13-7-6-11-28(31)22-33(21-25-9-3-1-4-10-25)32(36)27-16-14-26(15-17-27)29-18-20-37-24-29/h1,3-4,6-7,9-11,13-18,20,24,34H,2,5,8,12,19,21-23H2/i22D. The summed E-state index contributed by atoms with van der Waals surface area (Å²) < 4.78 is 20.4. The maximum atomic E-state index is 13.8. The van der Waals surface area contributed by atoms with Crippen molar-refractivity contribution in [3.63, 3.8) is 0 Å². The highest BCUT2D eigenvalue weighted by Crippen LogP contribution is 2.24. The lowest BCUT2D eigenvalue weighted by atomic mass is 10.1. The lowest BCUT2D eigenvalue weighted by Crippen LogP contribution is -2.30. The molecule has 1 aromatic heterocycles. The number of amides is 1. The number of unbranched alkanes of at least 4 members (excludes halogenated alkanes) is 2. The van der Waals surface area contributed by atoms with E-state index in [1.807, 2.05) is 72.8 Å². The van der Waals surface area contributed by atoms with Crippen LogP contribution >= 0.6 is 0 Å². The summed E-state index contributed by atoms with van der Waals surface area (Å²) >= 11 is 0. The fourth-order valence-corrected chi connectivity index (χ4v) is 4.10. The van der Waals surface area contributed by atoms with Crippen molar-refractivity contribution >= 4 is 11.7 Å². The summed E-state index contributed by atoms with van der Waals surface area (Å²) in [6.45, 7) is -0.713. The molecule has 0 saturated heterocycles. The average molecular weight is 513 g/mol. The number of carbonyl (C=O) groups is 2. The number of benzene rings is 3. The molecule has 4 rings (SSSR count). The van der Waals surface area contributed by atoms with E-state index in [-0.39, 0.29) is 18.2 Å². The Labute approximate surface area is 224 Å². The van der Waals surface area contributed by atoms with E-state index in [0.29, 0.717) is 36.3 Å². The van der Waals surface area contributed by atoms with E-state index in [9.17, 15) is 9.59 Å². The Morgan fingerprint density at radius 1 is 0.868 bits per heavy atom. The van der Waals surface area contributed by atoms with Crippen molar-refractivity contribution in [2.24, 2.45) is 0 Å². The van der Waals surface area contributed by atoms with Crippen molar-refractivity contribution in [2.45, 2.75) is 38.7 Å². The zero-order chi connectivity index (χ0) is 27.5. The Morgan fingerprint density at radius 3 is 2.37 bits per heavy atom. The van der Waals surface area contributed by atoms with Gasteiger partial charge in [-0.05, 0) is 54.7 Å². The summed E-state index contributed by atoms with van der Waals surface area (Å²) in [5, 5.41) is 8.85. The molecule has 0 fully saturated rings. The Bertz CT molecular complexity index is 1320. The summed E-state index contributed by atoms with van der Waals surface area (Å²) in [6.07, 6.45) is 5.87. The number of ketones is 1. The van der Waals surface area contributed by atoms with Crippen molar-refractivity contribution in [2.75, 3.05) is 13.2 Å². The van der Waals surface area contributed by atoms with Crippen molar-refractivity contribution in [3.05, 3.63) is 114 Å². The van der Waals surface area contributed by atoms with Gasteiger partial charge in [0.25, 0.3) is 5.91 Å². The van der Waals surface area contributed by atoms with Gasteiger partial charge in [0.05, 0.1) is 20.5 Å². The van der Waals surface area contributed by atoms with E-state index >= 15 is 0 Å². The molecule has 0 spiro atoms. The van der Waals surface area contributed by atoms with Gasteiger partial charge in [-0.1, -0.05) is 60.7 Å². The number of aliphatic hydroxyl groups excluding tert-OH is 1. The molecule has 1 N–H and O–H groups in total. The normalized spacial score (nSPS) is 12.0. The molecule has 1 atom stereocenters. The van der Waals surface area contributed by atoms with E-state index in [1.54, 1.807) is 29.6 Å². The molecular formula is C32H33NO5. The maximum absolute atomic E-state index is 13.8. The molecule has 196 valence electrons. The predicted octanol–water partition coefficient (Wildman–Crippen LogP) is 6.29. The minimum Gasteiger partial charge on any atom is -0.493 e. The average Bonchev–Trinajstić information content (AvgIpc) is 3.53. The third-order valence-electron chi connectivity index (χ3n) is 6.19. The fraction of sp³-hybridized carbons (Fsp3) is 0.250. The number of ether oxygens (including phenoxy) is 1. The van der Waals surface area contributed by atoms with Crippen LogP contribution in [0.25, 0.3) is 11.1 Å². The van der Waals surface area contributed by atoms with Crippen LogP contribution in [0, 0.1) is 0 Å². The summed E-state index contributed by atoms with van der Waals surface area (Å²) in [6, 6.07) is 26.1. The molecular weight excluding hydrogens is 478 g/mol. The highest BCUT2D eigenvalue weighted by atomic mass is 16.5. The van der Waals surface area contributed by atoms with Gasteiger partial charge in [0.1, 0.15) is 12.4 Å². The summed E-state index contributed by atoms with van der Waals surface area (Å²) in [7, 11) is 0. The Morgan fingerprint density at radius 2 is 1.63 bits per heavy atom. The molecule has 0 aliphatic heterocycles. The third kappa shape index (κ3) is 7.67. The van der Waals surface area contributed by atoms with Gasteiger partial charge in [-0.25, -0.2) is 0 Å². The first kappa shape index (κ1) is 25.5. The zero-order valence-electron chi connectivity index (χ0n) is 22.3. The molecule has 4 aromatic rings. The minimum atomic E-state index is -0.996. The first-order chi connectivity index (χ1) is 19.1. The number of nitrogens with zero attached hydrogens (tertiary/aromatic N) is 1. The molecule has 0 aliphatic rings.